The number of carbonyl (C=O) groups is 2. The lowest BCUT2D eigenvalue weighted by Gasteiger charge is -2.12. The van der Waals surface area contributed by atoms with Crippen LogP contribution in [0.3, 0.4) is 0 Å². The zero-order chi connectivity index (χ0) is 19.1. The van der Waals surface area contributed by atoms with E-state index in [1.54, 1.807) is 12.1 Å². The zero-order valence-electron chi connectivity index (χ0n) is 15.8. The zero-order valence-corrected chi connectivity index (χ0v) is 15.8. The maximum atomic E-state index is 12.0. The van der Waals surface area contributed by atoms with E-state index >= 15 is 0 Å². The van der Waals surface area contributed by atoms with Crippen molar-refractivity contribution in [2.45, 2.75) is 26.2 Å². The van der Waals surface area contributed by atoms with Gasteiger partial charge in [-0.15, -0.1) is 0 Å². The minimum Gasteiger partial charge on any atom is -0.452 e. The minimum atomic E-state index is -0.516. The van der Waals surface area contributed by atoms with E-state index in [9.17, 15) is 9.59 Å². The first kappa shape index (κ1) is 19.5. The fraction of sp³-hybridized carbons (Fsp3) is 0.333. The Morgan fingerprint density at radius 2 is 1.65 bits per heavy atom. The highest BCUT2D eigenvalue weighted by Gasteiger charge is 2.11. The quantitative estimate of drug-likeness (QED) is 0.762. The average molecular weight is 354 g/mol. The smallest absolute Gasteiger partial charge is 0.338 e. The van der Waals surface area contributed by atoms with Crippen molar-refractivity contribution in [3.8, 4) is 0 Å². The van der Waals surface area contributed by atoms with Crippen molar-refractivity contribution in [3.05, 3.63) is 59.7 Å². The molecule has 1 amide bonds. The molecule has 0 fully saturated rings. The largest absolute Gasteiger partial charge is 0.452 e. The third-order valence-electron chi connectivity index (χ3n) is 4.33. The van der Waals surface area contributed by atoms with Gasteiger partial charge in [0.2, 0.25) is 0 Å². The van der Waals surface area contributed by atoms with Gasteiger partial charge in [-0.2, -0.15) is 0 Å². The lowest BCUT2D eigenvalue weighted by atomic mass is 9.99. The molecule has 0 unspecified atom stereocenters. The highest BCUT2D eigenvalue weighted by atomic mass is 16.5. The van der Waals surface area contributed by atoms with Crippen LogP contribution < -0.4 is 10.2 Å². The van der Waals surface area contributed by atoms with Crippen LogP contribution in [0.15, 0.2) is 48.5 Å². The summed E-state index contributed by atoms with van der Waals surface area (Å²) in [5.41, 5.74) is 3.33. The minimum absolute atomic E-state index is 0.318. The SMILES string of the molecule is CC[C@H](C)c1ccc(NC(=O)COC(=O)c2ccc(N(C)C)cc2)cc1. The van der Waals surface area contributed by atoms with Crippen LogP contribution in [0.2, 0.25) is 0 Å². The molecule has 0 saturated carbocycles. The molecule has 26 heavy (non-hydrogen) atoms. The summed E-state index contributed by atoms with van der Waals surface area (Å²) in [6.45, 7) is 3.99. The van der Waals surface area contributed by atoms with Crippen LogP contribution in [0.5, 0.6) is 0 Å². The van der Waals surface area contributed by atoms with Gasteiger partial charge >= 0.3 is 5.97 Å². The predicted octanol–water partition coefficient (Wildman–Crippen LogP) is 4.06. The Labute approximate surface area is 155 Å². The van der Waals surface area contributed by atoms with Crippen molar-refractivity contribution in [2.75, 3.05) is 30.9 Å². The second-order valence-electron chi connectivity index (χ2n) is 6.50. The number of anilines is 2. The first-order chi connectivity index (χ1) is 12.4. The van der Waals surface area contributed by atoms with Crippen molar-refractivity contribution in [2.24, 2.45) is 0 Å². The summed E-state index contributed by atoms with van der Waals surface area (Å²) in [4.78, 5) is 25.9. The predicted molar refractivity (Wildman–Crippen MR) is 105 cm³/mol. The number of rotatable bonds is 7. The number of amides is 1. The number of nitrogens with zero attached hydrogens (tertiary/aromatic N) is 1. The Hall–Kier alpha value is -2.82. The van der Waals surface area contributed by atoms with E-state index in [0.29, 0.717) is 17.2 Å². The van der Waals surface area contributed by atoms with E-state index in [1.807, 2.05) is 55.4 Å². The first-order valence-corrected chi connectivity index (χ1v) is 8.75. The van der Waals surface area contributed by atoms with Gasteiger partial charge in [0.05, 0.1) is 5.56 Å². The maximum absolute atomic E-state index is 12.0. The second-order valence-corrected chi connectivity index (χ2v) is 6.50. The molecule has 2 aromatic rings. The summed E-state index contributed by atoms with van der Waals surface area (Å²) in [7, 11) is 3.85. The van der Waals surface area contributed by atoms with E-state index in [2.05, 4.69) is 19.2 Å². The summed E-state index contributed by atoms with van der Waals surface area (Å²) in [5, 5.41) is 2.73. The Bertz CT molecular complexity index is 737. The number of benzene rings is 2. The molecular weight excluding hydrogens is 328 g/mol. The Balaban J connectivity index is 1.85. The van der Waals surface area contributed by atoms with E-state index in [-0.39, 0.29) is 12.5 Å². The molecule has 5 heteroatoms. The van der Waals surface area contributed by atoms with Gasteiger partial charge in [-0.1, -0.05) is 26.0 Å². The summed E-state index contributed by atoms with van der Waals surface area (Å²) in [5.74, 6) is -0.392. The fourth-order valence-corrected chi connectivity index (χ4v) is 2.44. The van der Waals surface area contributed by atoms with Crippen LogP contribution in [0, 0.1) is 0 Å². The molecule has 1 N–H and O–H groups in total. The van der Waals surface area contributed by atoms with Crippen molar-refractivity contribution in [3.63, 3.8) is 0 Å². The van der Waals surface area contributed by atoms with Crippen LogP contribution in [0.25, 0.3) is 0 Å². The highest BCUT2D eigenvalue weighted by molar-refractivity contribution is 5.95. The van der Waals surface area contributed by atoms with E-state index in [4.69, 9.17) is 4.74 Å². The fourth-order valence-electron chi connectivity index (χ4n) is 2.44. The normalized spacial score (nSPS) is 11.5. The van der Waals surface area contributed by atoms with Crippen LogP contribution in [0.4, 0.5) is 11.4 Å². The lowest BCUT2D eigenvalue weighted by molar-refractivity contribution is -0.119. The Morgan fingerprint density at radius 3 is 2.19 bits per heavy atom. The van der Waals surface area contributed by atoms with Gasteiger partial charge in [0.1, 0.15) is 0 Å². The molecule has 0 aliphatic heterocycles. The standard InChI is InChI=1S/C21H26N2O3/c1-5-15(2)16-6-10-18(11-7-16)22-20(24)14-26-21(25)17-8-12-19(13-9-17)23(3)4/h6-13,15H,5,14H2,1-4H3,(H,22,24)/t15-/m0/s1. The highest BCUT2D eigenvalue weighted by Crippen LogP contribution is 2.20. The van der Waals surface area contributed by atoms with Crippen molar-refractivity contribution in [1.82, 2.24) is 0 Å². The molecule has 0 heterocycles. The Morgan fingerprint density at radius 1 is 1.04 bits per heavy atom. The molecule has 2 rings (SSSR count). The maximum Gasteiger partial charge on any atom is 0.338 e. The summed E-state index contributed by atoms with van der Waals surface area (Å²) < 4.78 is 5.08. The van der Waals surface area contributed by atoms with Gasteiger partial charge in [0.25, 0.3) is 5.91 Å². The molecule has 5 nitrogen and oxygen atoms in total. The second kappa shape index (κ2) is 9.04. The van der Waals surface area contributed by atoms with Gasteiger partial charge in [-0.05, 0) is 54.3 Å². The summed E-state index contributed by atoms with van der Waals surface area (Å²) in [6.07, 6.45) is 1.07. The molecular formula is C21H26N2O3. The van der Waals surface area contributed by atoms with Crippen LogP contribution in [-0.4, -0.2) is 32.6 Å². The van der Waals surface area contributed by atoms with Crippen LogP contribution >= 0.6 is 0 Å². The van der Waals surface area contributed by atoms with Crippen molar-refractivity contribution >= 4 is 23.3 Å². The molecule has 0 saturated heterocycles. The van der Waals surface area contributed by atoms with Gasteiger partial charge in [0.15, 0.2) is 6.61 Å². The van der Waals surface area contributed by atoms with Gasteiger partial charge in [-0.3, -0.25) is 4.79 Å². The number of nitrogens with one attached hydrogen (secondary N) is 1. The molecule has 1 atom stereocenters. The summed E-state index contributed by atoms with van der Waals surface area (Å²) >= 11 is 0. The number of hydrogen-bond acceptors (Lipinski definition) is 4. The third-order valence-corrected chi connectivity index (χ3v) is 4.33. The van der Waals surface area contributed by atoms with Crippen LogP contribution in [-0.2, 0) is 9.53 Å². The third kappa shape index (κ3) is 5.34. The van der Waals surface area contributed by atoms with Crippen molar-refractivity contribution in [1.29, 1.82) is 0 Å². The van der Waals surface area contributed by atoms with E-state index in [0.717, 1.165) is 12.1 Å². The number of esters is 1. The van der Waals surface area contributed by atoms with Crippen molar-refractivity contribution < 1.29 is 14.3 Å². The molecule has 0 aromatic heterocycles. The molecule has 0 radical (unpaired) electrons. The topological polar surface area (TPSA) is 58.6 Å². The number of ether oxygens (including phenoxy) is 1. The molecule has 0 spiro atoms. The van der Waals surface area contributed by atoms with Gasteiger partial charge in [-0.25, -0.2) is 4.79 Å². The Kier molecular flexibility index (Phi) is 6.78. The monoisotopic (exact) mass is 354 g/mol. The molecule has 0 aliphatic rings. The lowest BCUT2D eigenvalue weighted by Crippen LogP contribution is -2.21. The summed E-state index contributed by atoms with van der Waals surface area (Å²) in [6, 6.07) is 14.8. The average Bonchev–Trinajstić information content (AvgIpc) is 2.66. The van der Waals surface area contributed by atoms with E-state index in [1.165, 1.54) is 5.56 Å². The molecule has 2 aromatic carbocycles. The van der Waals surface area contributed by atoms with Gasteiger partial charge < -0.3 is 15.0 Å². The molecule has 0 bridgehead atoms. The first-order valence-electron chi connectivity index (χ1n) is 8.75. The molecule has 138 valence electrons. The number of hydrogen-bond donors (Lipinski definition) is 1. The van der Waals surface area contributed by atoms with E-state index < -0.39 is 5.97 Å². The van der Waals surface area contributed by atoms with Crippen LogP contribution in [0.1, 0.15) is 42.1 Å². The van der Waals surface area contributed by atoms with Gasteiger partial charge in [0, 0.05) is 25.5 Å². The molecule has 0 aliphatic carbocycles. The number of carbonyl (C=O) groups excluding carboxylic acids is 2.